The van der Waals surface area contributed by atoms with Crippen LogP contribution in [0.1, 0.15) is 12.8 Å². The van der Waals surface area contributed by atoms with Gasteiger partial charge in [-0.05, 0) is 31.0 Å². The summed E-state index contributed by atoms with van der Waals surface area (Å²) in [4.78, 5) is 26.3. The normalized spacial score (nSPS) is 17.6. The largest absolute Gasteiger partial charge is 0.506 e. The highest BCUT2D eigenvalue weighted by molar-refractivity contribution is 5.95. The van der Waals surface area contributed by atoms with E-state index in [4.69, 9.17) is 4.74 Å². The van der Waals surface area contributed by atoms with Gasteiger partial charge in [0.05, 0.1) is 23.8 Å². The Hall–Kier alpha value is -3.85. The summed E-state index contributed by atoms with van der Waals surface area (Å²) in [5.74, 6) is 0.153. The van der Waals surface area contributed by atoms with E-state index in [1.54, 1.807) is 7.11 Å². The lowest BCUT2D eigenvalue weighted by molar-refractivity contribution is 0.160. The van der Waals surface area contributed by atoms with E-state index in [1.807, 2.05) is 18.3 Å². The number of anilines is 2. The number of hydrogen-bond acceptors (Lipinski definition) is 7. The fraction of sp³-hybridized carbons (Fsp3) is 0.357. The minimum atomic E-state index is -0.542. The maximum Gasteiger partial charge on any atom is 0.248 e. The summed E-state index contributed by atoms with van der Waals surface area (Å²) in [6, 6.07) is 12.5. The van der Waals surface area contributed by atoms with Crippen molar-refractivity contribution in [3.8, 4) is 11.5 Å². The molecule has 0 saturated carbocycles. The van der Waals surface area contributed by atoms with Crippen LogP contribution >= 0.6 is 0 Å². The lowest BCUT2D eigenvalue weighted by Gasteiger charge is -2.44. The molecule has 192 valence electrons. The molecule has 4 aromatic rings. The minimum Gasteiger partial charge on any atom is -0.506 e. The van der Waals surface area contributed by atoms with Crippen molar-refractivity contribution in [3.63, 3.8) is 0 Å². The van der Waals surface area contributed by atoms with Crippen molar-refractivity contribution in [2.45, 2.75) is 18.9 Å². The van der Waals surface area contributed by atoms with Crippen LogP contribution in [0, 0.1) is 5.82 Å². The van der Waals surface area contributed by atoms with Gasteiger partial charge in [0.1, 0.15) is 23.0 Å². The topological polar surface area (TPSA) is 84.9 Å². The van der Waals surface area contributed by atoms with Crippen LogP contribution < -0.4 is 20.1 Å². The zero-order chi connectivity index (χ0) is 25.5. The molecule has 4 heterocycles. The molecule has 2 fully saturated rings. The number of halogens is 1. The van der Waals surface area contributed by atoms with Crippen molar-refractivity contribution in [3.05, 3.63) is 64.8 Å². The number of ether oxygens (including phenoxy) is 1. The average Bonchev–Trinajstić information content (AvgIpc) is 2.92. The molecule has 2 aromatic heterocycles. The molecule has 2 saturated heterocycles. The highest BCUT2D eigenvalue weighted by atomic mass is 19.1. The van der Waals surface area contributed by atoms with Gasteiger partial charge in [-0.2, -0.15) is 0 Å². The third-order valence-corrected chi connectivity index (χ3v) is 7.77. The van der Waals surface area contributed by atoms with E-state index in [9.17, 15) is 14.3 Å². The third-order valence-electron chi connectivity index (χ3n) is 7.77. The van der Waals surface area contributed by atoms with Gasteiger partial charge in [-0.15, -0.1) is 0 Å². The molecule has 0 radical (unpaired) electrons. The Labute approximate surface area is 213 Å². The fourth-order valence-electron chi connectivity index (χ4n) is 5.86. The summed E-state index contributed by atoms with van der Waals surface area (Å²) in [5.41, 5.74) is 2.66. The summed E-state index contributed by atoms with van der Waals surface area (Å²) in [5, 5.41) is 11.9. The molecule has 0 amide bonds. The van der Waals surface area contributed by atoms with E-state index >= 15 is 0 Å². The molecule has 0 spiro atoms. The molecule has 2 N–H and O–H groups in total. The zero-order valence-electron chi connectivity index (χ0n) is 20.8. The van der Waals surface area contributed by atoms with Crippen molar-refractivity contribution in [1.82, 2.24) is 14.9 Å². The van der Waals surface area contributed by atoms with E-state index in [0.717, 1.165) is 80.5 Å². The number of phenolic OH excluding ortho intramolecular Hbond substituents is 1. The van der Waals surface area contributed by atoms with Crippen LogP contribution in [-0.2, 0) is 0 Å². The molecule has 6 rings (SSSR count). The number of aromatic hydroxyl groups is 1. The molecule has 37 heavy (non-hydrogen) atoms. The maximum atomic E-state index is 14.4. The Morgan fingerprint density at radius 3 is 2.57 bits per heavy atom. The number of aromatic nitrogens is 2. The molecule has 8 nitrogen and oxygen atoms in total. The van der Waals surface area contributed by atoms with Crippen LogP contribution in [0.3, 0.4) is 0 Å². The lowest BCUT2D eigenvalue weighted by atomic mass is 10.0. The number of nitrogens with one attached hydrogen (secondary N) is 1. The predicted molar refractivity (Wildman–Crippen MR) is 144 cm³/mol. The highest BCUT2D eigenvalue weighted by Crippen LogP contribution is 2.38. The molecule has 0 atom stereocenters. The molecule has 9 heteroatoms. The van der Waals surface area contributed by atoms with E-state index in [2.05, 4.69) is 36.8 Å². The van der Waals surface area contributed by atoms with Gasteiger partial charge >= 0.3 is 0 Å². The first-order chi connectivity index (χ1) is 18.0. The third kappa shape index (κ3) is 4.33. The second-order valence-corrected chi connectivity index (χ2v) is 9.80. The number of methoxy groups -OCH3 is 1. The first-order valence-corrected chi connectivity index (χ1v) is 12.7. The maximum absolute atomic E-state index is 14.4. The number of piperazine rings is 1. The van der Waals surface area contributed by atoms with Crippen molar-refractivity contribution >= 4 is 33.2 Å². The Balaban J connectivity index is 1.14. The van der Waals surface area contributed by atoms with Crippen LogP contribution in [0.5, 0.6) is 11.5 Å². The van der Waals surface area contributed by atoms with Crippen LogP contribution in [-0.4, -0.2) is 72.4 Å². The van der Waals surface area contributed by atoms with Crippen LogP contribution in [0.25, 0.3) is 21.8 Å². The molecule has 0 aliphatic carbocycles. The number of fused-ring (bicyclic) bond motifs is 2. The van der Waals surface area contributed by atoms with Crippen molar-refractivity contribution in [2.75, 3.05) is 56.2 Å². The van der Waals surface area contributed by atoms with Gasteiger partial charge < -0.3 is 24.6 Å². The van der Waals surface area contributed by atoms with Gasteiger partial charge in [-0.3, -0.25) is 14.7 Å². The van der Waals surface area contributed by atoms with Gasteiger partial charge in [0, 0.05) is 80.5 Å². The van der Waals surface area contributed by atoms with Crippen molar-refractivity contribution < 1.29 is 14.2 Å². The molecular formula is C28H30FN5O3. The van der Waals surface area contributed by atoms with Crippen LogP contribution in [0.4, 0.5) is 15.8 Å². The second-order valence-electron chi connectivity index (χ2n) is 9.80. The number of rotatable bonds is 4. The van der Waals surface area contributed by atoms with Gasteiger partial charge in [0.2, 0.25) is 5.56 Å². The van der Waals surface area contributed by atoms with Gasteiger partial charge in [0.25, 0.3) is 0 Å². The second kappa shape index (κ2) is 9.55. The quantitative estimate of drug-likeness (QED) is 0.439. The van der Waals surface area contributed by atoms with Crippen LogP contribution in [0.15, 0.2) is 53.5 Å². The Morgan fingerprint density at radius 2 is 1.81 bits per heavy atom. The molecule has 0 bridgehead atoms. The Bertz CT molecular complexity index is 1510. The molecular weight excluding hydrogens is 473 g/mol. The SMILES string of the molecule is COc1cc(N2CCN(C3CCN(c4c(O)cc(F)c5ccc(=O)[nH]c45)CC3)CC2)c2ncccc2c1. The summed E-state index contributed by atoms with van der Waals surface area (Å²) >= 11 is 0. The summed E-state index contributed by atoms with van der Waals surface area (Å²) < 4.78 is 19.9. The number of pyridine rings is 2. The predicted octanol–water partition coefficient (Wildman–Crippen LogP) is 3.72. The van der Waals surface area contributed by atoms with Gasteiger partial charge in [-0.25, -0.2) is 4.39 Å². The van der Waals surface area contributed by atoms with Crippen LogP contribution in [0.2, 0.25) is 0 Å². The number of phenols is 1. The Morgan fingerprint density at radius 1 is 1.03 bits per heavy atom. The fourth-order valence-corrected chi connectivity index (χ4v) is 5.86. The van der Waals surface area contributed by atoms with Crippen molar-refractivity contribution in [2.24, 2.45) is 0 Å². The number of benzene rings is 2. The highest BCUT2D eigenvalue weighted by Gasteiger charge is 2.30. The van der Waals surface area contributed by atoms with E-state index in [1.165, 1.54) is 12.1 Å². The number of aromatic amines is 1. The lowest BCUT2D eigenvalue weighted by Crippen LogP contribution is -2.53. The van der Waals surface area contributed by atoms with E-state index < -0.39 is 5.82 Å². The van der Waals surface area contributed by atoms with Gasteiger partial charge in [0.15, 0.2) is 0 Å². The summed E-state index contributed by atoms with van der Waals surface area (Å²) in [6.07, 6.45) is 3.69. The zero-order valence-corrected chi connectivity index (χ0v) is 20.8. The molecule has 2 aromatic carbocycles. The summed E-state index contributed by atoms with van der Waals surface area (Å²) in [7, 11) is 1.69. The monoisotopic (exact) mass is 503 g/mol. The Kier molecular flexibility index (Phi) is 6.08. The summed E-state index contributed by atoms with van der Waals surface area (Å²) in [6.45, 7) is 5.16. The van der Waals surface area contributed by atoms with E-state index in [0.29, 0.717) is 22.6 Å². The molecule has 0 unspecified atom stereocenters. The standard InChI is InChI=1S/C28H30FN5O3/c1-37-20-15-18-3-2-8-30-26(18)23(16-20)33-13-11-32(12-14-33)19-6-9-34(10-7-19)28-24(35)17-22(29)21-4-5-25(36)31-27(21)28/h2-5,8,15-17,19,35H,6-7,9-14H2,1H3,(H,31,36). The van der Waals surface area contributed by atoms with Gasteiger partial charge in [-0.1, -0.05) is 6.07 Å². The number of hydrogen-bond donors (Lipinski definition) is 2. The van der Waals surface area contributed by atoms with Crippen molar-refractivity contribution in [1.29, 1.82) is 0 Å². The first-order valence-electron chi connectivity index (χ1n) is 12.7. The minimum absolute atomic E-state index is 0.141. The number of nitrogens with zero attached hydrogens (tertiary/aromatic N) is 4. The first kappa shape index (κ1) is 23.5. The molecule has 2 aliphatic rings. The smallest absolute Gasteiger partial charge is 0.248 e. The average molecular weight is 504 g/mol. The number of H-pyrrole nitrogens is 1. The number of piperidine rings is 1. The van der Waals surface area contributed by atoms with E-state index in [-0.39, 0.29) is 11.3 Å². The molecule has 2 aliphatic heterocycles.